The maximum atomic E-state index is 13.0. The number of rotatable bonds is 5. The van der Waals surface area contributed by atoms with Gasteiger partial charge in [0.1, 0.15) is 17.4 Å². The van der Waals surface area contributed by atoms with Crippen LogP contribution in [0.25, 0.3) is 5.78 Å². The summed E-state index contributed by atoms with van der Waals surface area (Å²) in [5.74, 6) is 3.08. The van der Waals surface area contributed by atoms with Crippen LogP contribution in [0, 0.1) is 6.92 Å². The molecule has 1 amide bonds. The van der Waals surface area contributed by atoms with Crippen molar-refractivity contribution in [1.82, 2.24) is 24.5 Å². The van der Waals surface area contributed by atoms with Crippen LogP contribution in [0.15, 0.2) is 30.3 Å². The van der Waals surface area contributed by atoms with Crippen molar-refractivity contribution < 1.29 is 9.53 Å². The average molecular weight is 394 g/mol. The van der Waals surface area contributed by atoms with E-state index in [9.17, 15) is 4.79 Å². The first kappa shape index (κ1) is 19.2. The number of benzene rings is 1. The lowest BCUT2D eigenvalue weighted by Crippen LogP contribution is -2.49. The third-order valence-electron chi connectivity index (χ3n) is 5.24. The van der Waals surface area contributed by atoms with Gasteiger partial charge in [-0.2, -0.15) is 4.98 Å². The molecule has 0 atom stereocenters. The molecule has 4 rings (SSSR count). The van der Waals surface area contributed by atoms with E-state index in [1.807, 2.05) is 47.4 Å². The predicted octanol–water partition coefficient (Wildman–Crippen LogP) is 2.36. The summed E-state index contributed by atoms with van der Waals surface area (Å²) in [7, 11) is 0. The van der Waals surface area contributed by atoms with Gasteiger partial charge < -0.3 is 14.5 Å². The number of carbonyl (C=O) groups excluding carboxylic acids is 1. The third kappa shape index (κ3) is 3.62. The highest BCUT2D eigenvalue weighted by Crippen LogP contribution is 2.22. The summed E-state index contributed by atoms with van der Waals surface area (Å²) >= 11 is 0. The van der Waals surface area contributed by atoms with Crippen LogP contribution in [-0.4, -0.2) is 63.2 Å². The van der Waals surface area contributed by atoms with E-state index in [1.54, 1.807) is 0 Å². The lowest BCUT2D eigenvalue weighted by molar-refractivity contribution is 0.0742. The van der Waals surface area contributed by atoms with Crippen LogP contribution in [0.2, 0.25) is 0 Å². The summed E-state index contributed by atoms with van der Waals surface area (Å²) in [5.41, 5.74) is 1.68. The summed E-state index contributed by atoms with van der Waals surface area (Å²) in [4.78, 5) is 21.8. The Labute approximate surface area is 170 Å². The van der Waals surface area contributed by atoms with E-state index in [0.29, 0.717) is 36.8 Å². The first-order valence-corrected chi connectivity index (χ1v) is 10.1. The Morgan fingerprint density at radius 3 is 2.59 bits per heavy atom. The Bertz CT molecular complexity index is 1020. The number of anilines is 1. The molecule has 0 bridgehead atoms. The van der Waals surface area contributed by atoms with Gasteiger partial charge in [0, 0.05) is 44.4 Å². The molecule has 1 fully saturated rings. The van der Waals surface area contributed by atoms with E-state index in [1.165, 1.54) is 0 Å². The number of para-hydroxylation sites is 1. The van der Waals surface area contributed by atoms with Gasteiger partial charge in [-0.05, 0) is 26.0 Å². The molecular weight excluding hydrogens is 368 g/mol. The van der Waals surface area contributed by atoms with E-state index in [2.05, 4.69) is 33.1 Å². The number of piperazine rings is 1. The van der Waals surface area contributed by atoms with Crippen LogP contribution in [0.1, 0.15) is 35.7 Å². The van der Waals surface area contributed by atoms with Crippen LogP contribution in [0.3, 0.4) is 0 Å². The van der Waals surface area contributed by atoms with Crippen molar-refractivity contribution in [1.29, 1.82) is 0 Å². The SMILES string of the molecule is CCOc1ccccc1C(=O)N1CCN(c2cc(C)n3c(CC)nnc3n2)CC1. The Morgan fingerprint density at radius 1 is 1.10 bits per heavy atom. The number of aromatic nitrogens is 4. The van der Waals surface area contributed by atoms with E-state index < -0.39 is 0 Å². The van der Waals surface area contributed by atoms with Crippen molar-refractivity contribution >= 4 is 17.5 Å². The quantitative estimate of drug-likeness (QED) is 0.661. The van der Waals surface area contributed by atoms with Crippen molar-refractivity contribution in [2.45, 2.75) is 27.2 Å². The molecule has 0 radical (unpaired) electrons. The minimum absolute atomic E-state index is 0.0123. The highest BCUT2D eigenvalue weighted by atomic mass is 16.5. The van der Waals surface area contributed by atoms with Crippen LogP contribution in [0.5, 0.6) is 5.75 Å². The second-order valence-corrected chi connectivity index (χ2v) is 7.07. The maximum Gasteiger partial charge on any atom is 0.257 e. The number of fused-ring (bicyclic) bond motifs is 1. The van der Waals surface area contributed by atoms with Crippen molar-refractivity contribution in [3.63, 3.8) is 0 Å². The van der Waals surface area contributed by atoms with Gasteiger partial charge in [0.2, 0.25) is 0 Å². The van der Waals surface area contributed by atoms with Gasteiger partial charge in [-0.25, -0.2) is 0 Å². The molecule has 1 aliphatic rings. The molecule has 2 aromatic heterocycles. The molecule has 3 aromatic rings. The monoisotopic (exact) mass is 394 g/mol. The van der Waals surface area contributed by atoms with Crippen LogP contribution in [-0.2, 0) is 6.42 Å². The molecule has 8 heteroatoms. The predicted molar refractivity (Wildman–Crippen MR) is 111 cm³/mol. The molecule has 0 saturated carbocycles. The first-order chi connectivity index (χ1) is 14.1. The Balaban J connectivity index is 1.48. The van der Waals surface area contributed by atoms with Crippen LogP contribution in [0.4, 0.5) is 5.82 Å². The highest BCUT2D eigenvalue weighted by Gasteiger charge is 2.25. The number of nitrogens with zero attached hydrogens (tertiary/aromatic N) is 6. The van der Waals surface area contributed by atoms with Crippen LogP contribution < -0.4 is 9.64 Å². The van der Waals surface area contributed by atoms with Gasteiger partial charge >= 0.3 is 0 Å². The van der Waals surface area contributed by atoms with Gasteiger partial charge in [-0.15, -0.1) is 10.2 Å². The lowest BCUT2D eigenvalue weighted by Gasteiger charge is -2.35. The topological polar surface area (TPSA) is 75.9 Å². The largest absolute Gasteiger partial charge is 0.493 e. The fraction of sp³-hybridized carbons (Fsp3) is 0.429. The smallest absolute Gasteiger partial charge is 0.257 e. The molecule has 0 unspecified atom stereocenters. The van der Waals surface area contributed by atoms with Gasteiger partial charge in [0.25, 0.3) is 11.7 Å². The second-order valence-electron chi connectivity index (χ2n) is 7.07. The molecule has 3 heterocycles. The molecule has 1 saturated heterocycles. The van der Waals surface area contributed by atoms with Gasteiger partial charge in [-0.3, -0.25) is 9.20 Å². The van der Waals surface area contributed by atoms with E-state index in [4.69, 9.17) is 4.74 Å². The normalized spacial score (nSPS) is 14.4. The number of ether oxygens (including phenoxy) is 1. The lowest BCUT2D eigenvalue weighted by atomic mass is 10.1. The molecular formula is C21H26N6O2. The zero-order valence-corrected chi connectivity index (χ0v) is 17.1. The molecule has 1 aromatic carbocycles. The van der Waals surface area contributed by atoms with Crippen molar-refractivity contribution in [3.05, 3.63) is 47.4 Å². The summed E-state index contributed by atoms with van der Waals surface area (Å²) in [5, 5.41) is 8.43. The standard InChI is InChI=1S/C21H26N6O2/c1-4-18-23-24-21-22-19(14-15(3)27(18)21)25-10-12-26(13-11-25)20(28)16-8-6-7-9-17(16)29-5-2/h6-9,14H,4-5,10-13H2,1-3H3. The Kier molecular flexibility index (Phi) is 5.33. The molecule has 29 heavy (non-hydrogen) atoms. The molecule has 0 aliphatic carbocycles. The van der Waals surface area contributed by atoms with Crippen molar-refractivity contribution in [2.24, 2.45) is 0 Å². The number of aryl methyl sites for hydroxylation is 2. The Morgan fingerprint density at radius 2 is 1.86 bits per heavy atom. The number of hydrogen-bond acceptors (Lipinski definition) is 6. The fourth-order valence-corrected chi connectivity index (χ4v) is 3.75. The Hall–Kier alpha value is -3.16. The second kappa shape index (κ2) is 8.06. The highest BCUT2D eigenvalue weighted by molar-refractivity contribution is 5.97. The fourth-order valence-electron chi connectivity index (χ4n) is 3.75. The molecule has 8 nitrogen and oxygen atoms in total. The summed E-state index contributed by atoms with van der Waals surface area (Å²) < 4.78 is 7.62. The maximum absolute atomic E-state index is 13.0. The summed E-state index contributed by atoms with van der Waals surface area (Å²) in [6.07, 6.45) is 0.813. The minimum Gasteiger partial charge on any atom is -0.493 e. The van der Waals surface area contributed by atoms with E-state index in [-0.39, 0.29) is 5.91 Å². The number of hydrogen-bond donors (Lipinski definition) is 0. The molecule has 1 aliphatic heterocycles. The third-order valence-corrected chi connectivity index (χ3v) is 5.24. The van der Waals surface area contributed by atoms with Gasteiger partial charge in [0.05, 0.1) is 12.2 Å². The molecule has 0 spiro atoms. The number of amides is 1. The van der Waals surface area contributed by atoms with Gasteiger partial charge in [0.15, 0.2) is 0 Å². The van der Waals surface area contributed by atoms with Gasteiger partial charge in [-0.1, -0.05) is 19.1 Å². The van der Waals surface area contributed by atoms with E-state index >= 15 is 0 Å². The average Bonchev–Trinajstić information content (AvgIpc) is 3.18. The van der Waals surface area contributed by atoms with E-state index in [0.717, 1.165) is 36.8 Å². The van der Waals surface area contributed by atoms with Crippen molar-refractivity contribution in [3.8, 4) is 5.75 Å². The summed E-state index contributed by atoms with van der Waals surface area (Å²) in [6, 6.07) is 9.50. The first-order valence-electron chi connectivity index (χ1n) is 10.1. The molecule has 0 N–H and O–H groups in total. The summed E-state index contributed by atoms with van der Waals surface area (Å²) in [6.45, 7) is 9.28. The van der Waals surface area contributed by atoms with Crippen LogP contribution >= 0.6 is 0 Å². The minimum atomic E-state index is 0.0123. The number of carbonyl (C=O) groups is 1. The zero-order chi connectivity index (χ0) is 20.4. The zero-order valence-electron chi connectivity index (χ0n) is 17.1. The van der Waals surface area contributed by atoms with Crippen molar-refractivity contribution in [2.75, 3.05) is 37.7 Å². The molecule has 152 valence electrons.